The fourth-order valence-corrected chi connectivity index (χ4v) is 2.51. The van der Waals surface area contributed by atoms with Crippen LogP contribution in [-0.2, 0) is 6.42 Å². The number of aliphatic hydroxyl groups is 1. The quantitative estimate of drug-likeness (QED) is 0.929. The summed E-state index contributed by atoms with van der Waals surface area (Å²) in [5.41, 5.74) is 3.37. The first kappa shape index (κ1) is 14.2. The summed E-state index contributed by atoms with van der Waals surface area (Å²) in [6, 6.07) is 6.79. The third kappa shape index (κ3) is 3.19. The molecule has 1 heterocycles. The Labute approximate surface area is 120 Å². The lowest BCUT2D eigenvalue weighted by atomic mass is 10.0. The number of nitrogens with zero attached hydrogens (tertiary/aromatic N) is 1. The molecule has 1 aromatic carbocycles. The average molecular weight is 324 g/mol. The van der Waals surface area contributed by atoms with Crippen LogP contribution < -0.4 is 0 Å². The maximum Gasteiger partial charge on any atom is 0.137 e. The predicted molar refractivity (Wildman–Crippen MR) is 76.5 cm³/mol. The lowest BCUT2D eigenvalue weighted by molar-refractivity contribution is 0.172. The van der Waals surface area contributed by atoms with E-state index in [9.17, 15) is 9.50 Å². The summed E-state index contributed by atoms with van der Waals surface area (Å²) in [5, 5.41) is 10.3. The zero-order valence-electron chi connectivity index (χ0n) is 10.8. The SMILES string of the molecule is Cc1cnc(C(O)Cc2cccc(F)c2Br)c(C)c1. The fourth-order valence-electron chi connectivity index (χ4n) is 2.09. The maximum absolute atomic E-state index is 13.4. The van der Waals surface area contributed by atoms with Crippen molar-refractivity contribution in [2.45, 2.75) is 26.4 Å². The molecule has 0 aliphatic rings. The van der Waals surface area contributed by atoms with Crippen molar-refractivity contribution in [1.82, 2.24) is 4.98 Å². The van der Waals surface area contributed by atoms with Crippen molar-refractivity contribution < 1.29 is 9.50 Å². The second kappa shape index (κ2) is 5.80. The largest absolute Gasteiger partial charge is 0.386 e. The third-order valence-corrected chi connectivity index (χ3v) is 3.90. The minimum atomic E-state index is -0.737. The molecule has 0 spiro atoms. The van der Waals surface area contributed by atoms with Gasteiger partial charge in [0.05, 0.1) is 10.2 Å². The highest BCUT2D eigenvalue weighted by Crippen LogP contribution is 2.26. The minimum Gasteiger partial charge on any atom is -0.386 e. The van der Waals surface area contributed by atoms with E-state index in [0.717, 1.165) is 16.7 Å². The van der Waals surface area contributed by atoms with Crippen molar-refractivity contribution in [2.24, 2.45) is 0 Å². The van der Waals surface area contributed by atoms with Crippen LogP contribution in [0.1, 0.15) is 28.5 Å². The predicted octanol–water partition coefficient (Wildman–Crippen LogP) is 3.88. The van der Waals surface area contributed by atoms with Gasteiger partial charge in [-0.1, -0.05) is 18.2 Å². The van der Waals surface area contributed by atoms with Crippen molar-refractivity contribution in [3.05, 3.63) is 63.1 Å². The smallest absolute Gasteiger partial charge is 0.137 e. The van der Waals surface area contributed by atoms with Gasteiger partial charge in [-0.15, -0.1) is 0 Å². The highest BCUT2D eigenvalue weighted by Gasteiger charge is 2.15. The van der Waals surface area contributed by atoms with Crippen LogP contribution in [0.4, 0.5) is 4.39 Å². The second-order valence-electron chi connectivity index (χ2n) is 4.65. The van der Waals surface area contributed by atoms with E-state index in [1.165, 1.54) is 6.07 Å². The first-order chi connectivity index (χ1) is 8.99. The molecule has 100 valence electrons. The molecular formula is C15H15BrFNO. The number of hydrogen-bond acceptors (Lipinski definition) is 2. The van der Waals surface area contributed by atoms with Crippen LogP contribution in [-0.4, -0.2) is 10.1 Å². The molecule has 0 fully saturated rings. The summed E-state index contributed by atoms with van der Waals surface area (Å²) >= 11 is 3.20. The number of rotatable bonds is 3. The average Bonchev–Trinajstić information content (AvgIpc) is 2.34. The Morgan fingerprint density at radius 2 is 2.11 bits per heavy atom. The van der Waals surface area contributed by atoms with Crippen molar-refractivity contribution >= 4 is 15.9 Å². The lowest BCUT2D eigenvalue weighted by Crippen LogP contribution is -2.07. The van der Waals surface area contributed by atoms with Crippen LogP contribution in [0.15, 0.2) is 34.9 Å². The van der Waals surface area contributed by atoms with Gasteiger partial charge in [0, 0.05) is 12.6 Å². The van der Waals surface area contributed by atoms with E-state index < -0.39 is 6.10 Å². The molecule has 2 aromatic rings. The molecule has 1 aromatic heterocycles. The zero-order chi connectivity index (χ0) is 14.0. The highest BCUT2D eigenvalue weighted by atomic mass is 79.9. The van der Waals surface area contributed by atoms with Gasteiger partial charge in [-0.2, -0.15) is 0 Å². The molecule has 2 rings (SSSR count). The minimum absolute atomic E-state index is 0.321. The van der Waals surface area contributed by atoms with Crippen LogP contribution in [0.3, 0.4) is 0 Å². The number of benzene rings is 1. The Bertz CT molecular complexity index is 601. The van der Waals surface area contributed by atoms with Gasteiger partial charge in [-0.3, -0.25) is 4.98 Å². The lowest BCUT2D eigenvalue weighted by Gasteiger charge is -2.14. The van der Waals surface area contributed by atoms with Gasteiger partial charge >= 0.3 is 0 Å². The summed E-state index contributed by atoms with van der Waals surface area (Å²) in [7, 11) is 0. The topological polar surface area (TPSA) is 33.1 Å². The van der Waals surface area contributed by atoms with Gasteiger partial charge in [0.15, 0.2) is 0 Å². The van der Waals surface area contributed by atoms with E-state index in [0.29, 0.717) is 16.6 Å². The molecule has 0 aliphatic carbocycles. The van der Waals surface area contributed by atoms with Crippen molar-refractivity contribution in [1.29, 1.82) is 0 Å². The summed E-state index contributed by atoms with van der Waals surface area (Å²) in [5.74, 6) is -0.321. The monoisotopic (exact) mass is 323 g/mol. The Kier molecular flexibility index (Phi) is 4.32. The molecule has 1 unspecified atom stereocenters. The molecule has 1 N–H and O–H groups in total. The number of hydrogen-bond donors (Lipinski definition) is 1. The summed E-state index contributed by atoms with van der Waals surface area (Å²) in [6.07, 6.45) is 1.32. The van der Waals surface area contributed by atoms with E-state index in [1.54, 1.807) is 18.3 Å². The van der Waals surface area contributed by atoms with Gasteiger partial charge in [-0.25, -0.2) is 4.39 Å². The van der Waals surface area contributed by atoms with Gasteiger partial charge in [-0.05, 0) is 52.5 Å². The van der Waals surface area contributed by atoms with E-state index in [2.05, 4.69) is 20.9 Å². The van der Waals surface area contributed by atoms with Crippen LogP contribution in [0, 0.1) is 19.7 Å². The van der Waals surface area contributed by atoms with Crippen molar-refractivity contribution in [2.75, 3.05) is 0 Å². The standard InChI is InChI=1S/C15H15BrFNO/c1-9-6-10(2)15(18-8-9)13(19)7-11-4-3-5-12(17)14(11)16/h3-6,8,13,19H,7H2,1-2H3. The maximum atomic E-state index is 13.4. The number of aromatic nitrogens is 1. The molecule has 19 heavy (non-hydrogen) atoms. The normalized spacial score (nSPS) is 12.5. The van der Waals surface area contributed by atoms with Gasteiger partial charge < -0.3 is 5.11 Å². The van der Waals surface area contributed by atoms with Crippen LogP contribution >= 0.6 is 15.9 Å². The molecule has 0 radical (unpaired) electrons. The molecule has 1 atom stereocenters. The van der Waals surface area contributed by atoms with Crippen LogP contribution in [0.25, 0.3) is 0 Å². The second-order valence-corrected chi connectivity index (χ2v) is 5.44. The number of aliphatic hydroxyl groups excluding tert-OH is 1. The van der Waals surface area contributed by atoms with Gasteiger partial charge in [0.2, 0.25) is 0 Å². The molecule has 2 nitrogen and oxygen atoms in total. The summed E-state index contributed by atoms with van der Waals surface area (Å²) < 4.78 is 13.8. The molecular weight excluding hydrogens is 309 g/mol. The Balaban J connectivity index is 2.25. The highest BCUT2D eigenvalue weighted by molar-refractivity contribution is 9.10. The van der Waals surface area contributed by atoms with Gasteiger partial charge in [0.1, 0.15) is 11.9 Å². The van der Waals surface area contributed by atoms with Gasteiger partial charge in [0.25, 0.3) is 0 Å². The number of aryl methyl sites for hydroxylation is 2. The number of pyridine rings is 1. The molecule has 0 aliphatic heterocycles. The summed E-state index contributed by atoms with van der Waals surface area (Å²) in [6.45, 7) is 3.87. The van der Waals surface area contributed by atoms with E-state index >= 15 is 0 Å². The van der Waals surface area contributed by atoms with Crippen LogP contribution in [0.5, 0.6) is 0 Å². The summed E-state index contributed by atoms with van der Waals surface area (Å²) in [4.78, 5) is 4.27. The first-order valence-corrected chi connectivity index (χ1v) is 6.82. The zero-order valence-corrected chi connectivity index (χ0v) is 12.4. The third-order valence-electron chi connectivity index (χ3n) is 3.02. The van der Waals surface area contributed by atoms with E-state index in [4.69, 9.17) is 0 Å². The van der Waals surface area contributed by atoms with Crippen molar-refractivity contribution in [3.63, 3.8) is 0 Å². The van der Waals surface area contributed by atoms with E-state index in [-0.39, 0.29) is 5.82 Å². The first-order valence-electron chi connectivity index (χ1n) is 6.03. The Morgan fingerprint density at radius 1 is 1.37 bits per heavy atom. The molecule has 0 amide bonds. The Morgan fingerprint density at radius 3 is 2.79 bits per heavy atom. The van der Waals surface area contributed by atoms with Crippen molar-refractivity contribution in [3.8, 4) is 0 Å². The molecule has 0 saturated carbocycles. The fraction of sp³-hybridized carbons (Fsp3) is 0.267. The molecule has 0 bridgehead atoms. The Hall–Kier alpha value is -1.26. The molecule has 0 saturated heterocycles. The molecule has 4 heteroatoms. The number of halogens is 2. The van der Waals surface area contributed by atoms with Crippen LogP contribution in [0.2, 0.25) is 0 Å². The van der Waals surface area contributed by atoms with E-state index in [1.807, 2.05) is 19.9 Å².